The number of benzene rings is 1. The molecule has 1 saturated heterocycles. The van der Waals surface area contributed by atoms with Crippen LogP contribution in [0.4, 0.5) is 0 Å². The van der Waals surface area contributed by atoms with Crippen LogP contribution >= 0.6 is 0 Å². The molecule has 0 saturated carbocycles. The van der Waals surface area contributed by atoms with Crippen molar-refractivity contribution >= 4 is 10.9 Å². The number of aryl methyl sites for hydroxylation is 1. The Hall–Kier alpha value is -1.85. The van der Waals surface area contributed by atoms with Crippen LogP contribution < -0.4 is 10.3 Å². The molecule has 1 aliphatic rings. The molecule has 0 atom stereocenters. The molecule has 1 aliphatic heterocycles. The Kier molecular flexibility index (Phi) is 3.46. The van der Waals surface area contributed by atoms with E-state index in [1.807, 2.05) is 25.1 Å². The maximum Gasteiger partial charge on any atom is 0.251 e. The lowest BCUT2D eigenvalue weighted by Crippen LogP contribution is -2.27. The van der Waals surface area contributed by atoms with E-state index in [1.165, 1.54) is 0 Å². The van der Waals surface area contributed by atoms with Gasteiger partial charge in [-0.1, -0.05) is 0 Å². The number of methoxy groups -OCH3 is 1. The summed E-state index contributed by atoms with van der Waals surface area (Å²) in [7, 11) is 1.62. The standard InChI is InChI=1S/C15H17NO4/c1-10-7-11(18-2)8-13-12(10)3-4-14(17)16(13)9-15-19-5-6-20-15/h3-4,7-8,15H,5-6,9H2,1-2H3. The molecular formula is C15H17NO4. The fourth-order valence-corrected chi connectivity index (χ4v) is 2.52. The highest BCUT2D eigenvalue weighted by molar-refractivity contribution is 5.84. The highest BCUT2D eigenvalue weighted by Crippen LogP contribution is 2.24. The van der Waals surface area contributed by atoms with Crippen molar-refractivity contribution in [1.29, 1.82) is 0 Å². The number of rotatable bonds is 3. The summed E-state index contributed by atoms with van der Waals surface area (Å²) in [5.74, 6) is 0.739. The van der Waals surface area contributed by atoms with E-state index in [0.717, 1.165) is 22.2 Å². The van der Waals surface area contributed by atoms with Crippen molar-refractivity contribution in [3.63, 3.8) is 0 Å². The van der Waals surface area contributed by atoms with E-state index < -0.39 is 0 Å². The molecule has 0 amide bonds. The van der Waals surface area contributed by atoms with Gasteiger partial charge in [0.25, 0.3) is 5.56 Å². The Balaban J connectivity index is 2.14. The Morgan fingerprint density at radius 3 is 2.75 bits per heavy atom. The predicted molar refractivity (Wildman–Crippen MR) is 75.2 cm³/mol. The van der Waals surface area contributed by atoms with Crippen LogP contribution in [0.3, 0.4) is 0 Å². The number of aromatic nitrogens is 1. The zero-order valence-corrected chi connectivity index (χ0v) is 11.6. The monoisotopic (exact) mass is 275 g/mol. The number of pyridine rings is 1. The summed E-state index contributed by atoms with van der Waals surface area (Å²) in [5.41, 5.74) is 1.85. The van der Waals surface area contributed by atoms with Gasteiger partial charge in [0.15, 0.2) is 6.29 Å². The van der Waals surface area contributed by atoms with Gasteiger partial charge in [0, 0.05) is 17.5 Å². The zero-order chi connectivity index (χ0) is 14.1. The largest absolute Gasteiger partial charge is 0.497 e. The van der Waals surface area contributed by atoms with Gasteiger partial charge in [-0.2, -0.15) is 0 Å². The molecule has 106 valence electrons. The van der Waals surface area contributed by atoms with E-state index in [9.17, 15) is 4.79 Å². The summed E-state index contributed by atoms with van der Waals surface area (Å²) in [5, 5.41) is 1.03. The second kappa shape index (κ2) is 5.26. The molecule has 0 unspecified atom stereocenters. The second-order valence-electron chi connectivity index (χ2n) is 4.83. The van der Waals surface area contributed by atoms with Gasteiger partial charge in [-0.05, 0) is 24.6 Å². The normalized spacial score (nSPS) is 15.9. The SMILES string of the molecule is COc1cc(C)c2ccc(=O)n(CC3OCCO3)c2c1. The smallest absolute Gasteiger partial charge is 0.251 e. The van der Waals surface area contributed by atoms with Crippen LogP contribution in [-0.4, -0.2) is 31.2 Å². The lowest BCUT2D eigenvalue weighted by Gasteiger charge is -2.15. The average Bonchev–Trinajstić information content (AvgIpc) is 2.94. The molecule has 20 heavy (non-hydrogen) atoms. The third-order valence-electron chi connectivity index (χ3n) is 3.55. The molecule has 1 aromatic heterocycles. The van der Waals surface area contributed by atoms with Gasteiger partial charge in [-0.3, -0.25) is 4.79 Å². The number of hydrogen-bond acceptors (Lipinski definition) is 4. The van der Waals surface area contributed by atoms with Crippen LogP contribution in [0.25, 0.3) is 10.9 Å². The molecule has 0 bridgehead atoms. The lowest BCUT2D eigenvalue weighted by atomic mass is 10.1. The lowest BCUT2D eigenvalue weighted by molar-refractivity contribution is -0.0522. The predicted octanol–water partition coefficient (Wildman–Crippen LogP) is 1.69. The molecule has 0 radical (unpaired) electrons. The molecule has 2 aromatic rings. The molecule has 1 fully saturated rings. The summed E-state index contributed by atoms with van der Waals surface area (Å²) in [6, 6.07) is 7.26. The van der Waals surface area contributed by atoms with E-state index in [-0.39, 0.29) is 11.8 Å². The first-order valence-electron chi connectivity index (χ1n) is 6.60. The fraction of sp³-hybridized carbons (Fsp3) is 0.400. The van der Waals surface area contributed by atoms with E-state index in [2.05, 4.69) is 0 Å². The van der Waals surface area contributed by atoms with Gasteiger partial charge >= 0.3 is 0 Å². The van der Waals surface area contributed by atoms with Crippen LogP contribution in [0, 0.1) is 6.92 Å². The number of hydrogen-bond donors (Lipinski definition) is 0. The van der Waals surface area contributed by atoms with Gasteiger partial charge in [-0.25, -0.2) is 0 Å². The molecule has 5 nitrogen and oxygen atoms in total. The van der Waals surface area contributed by atoms with Crippen LogP contribution in [0.5, 0.6) is 5.75 Å². The number of nitrogens with zero attached hydrogens (tertiary/aromatic N) is 1. The molecular weight excluding hydrogens is 258 g/mol. The van der Waals surface area contributed by atoms with Crippen molar-refractivity contribution in [1.82, 2.24) is 4.57 Å². The van der Waals surface area contributed by atoms with Gasteiger partial charge in [-0.15, -0.1) is 0 Å². The first-order valence-corrected chi connectivity index (χ1v) is 6.60. The maximum absolute atomic E-state index is 12.1. The third kappa shape index (κ3) is 2.30. The number of fused-ring (bicyclic) bond motifs is 1. The summed E-state index contributed by atoms with van der Waals surface area (Å²) in [4.78, 5) is 12.1. The highest BCUT2D eigenvalue weighted by atomic mass is 16.7. The molecule has 3 rings (SSSR count). The minimum atomic E-state index is -0.357. The summed E-state index contributed by atoms with van der Waals surface area (Å²) >= 11 is 0. The van der Waals surface area contributed by atoms with Gasteiger partial charge in [0.05, 0.1) is 32.4 Å². The summed E-state index contributed by atoms with van der Waals surface area (Å²) < 4.78 is 17.8. The minimum Gasteiger partial charge on any atom is -0.497 e. The van der Waals surface area contributed by atoms with E-state index >= 15 is 0 Å². The molecule has 0 aliphatic carbocycles. The Morgan fingerprint density at radius 2 is 2.05 bits per heavy atom. The quantitative estimate of drug-likeness (QED) is 0.855. The Labute approximate surface area is 116 Å². The van der Waals surface area contributed by atoms with Crippen LogP contribution in [0.2, 0.25) is 0 Å². The van der Waals surface area contributed by atoms with Crippen molar-refractivity contribution in [3.05, 3.63) is 40.2 Å². The summed E-state index contributed by atoms with van der Waals surface area (Å²) in [6.07, 6.45) is -0.357. The number of ether oxygens (including phenoxy) is 3. The minimum absolute atomic E-state index is 0.0655. The maximum atomic E-state index is 12.1. The second-order valence-corrected chi connectivity index (χ2v) is 4.83. The molecule has 5 heteroatoms. The topological polar surface area (TPSA) is 49.7 Å². The first kappa shape index (κ1) is 13.1. The molecule has 2 heterocycles. The molecule has 1 aromatic carbocycles. The molecule has 0 spiro atoms. The highest BCUT2D eigenvalue weighted by Gasteiger charge is 2.18. The Bertz CT molecular complexity index is 686. The van der Waals surface area contributed by atoms with Crippen molar-refractivity contribution < 1.29 is 14.2 Å². The van der Waals surface area contributed by atoms with Crippen molar-refractivity contribution in [3.8, 4) is 5.75 Å². The third-order valence-corrected chi connectivity index (χ3v) is 3.55. The van der Waals surface area contributed by atoms with Crippen LogP contribution in [0.15, 0.2) is 29.1 Å². The fourth-order valence-electron chi connectivity index (χ4n) is 2.52. The van der Waals surface area contributed by atoms with Gasteiger partial charge in [0.1, 0.15) is 5.75 Å². The van der Waals surface area contributed by atoms with Crippen molar-refractivity contribution in [2.24, 2.45) is 0 Å². The van der Waals surface area contributed by atoms with E-state index in [0.29, 0.717) is 19.8 Å². The first-order chi connectivity index (χ1) is 9.69. The van der Waals surface area contributed by atoms with Gasteiger partial charge < -0.3 is 18.8 Å². The molecule has 0 N–H and O–H groups in total. The van der Waals surface area contributed by atoms with E-state index in [1.54, 1.807) is 17.7 Å². The summed E-state index contributed by atoms with van der Waals surface area (Å²) in [6.45, 7) is 3.55. The van der Waals surface area contributed by atoms with Crippen LogP contribution in [-0.2, 0) is 16.0 Å². The van der Waals surface area contributed by atoms with Crippen LogP contribution in [0.1, 0.15) is 5.56 Å². The van der Waals surface area contributed by atoms with E-state index in [4.69, 9.17) is 14.2 Å². The van der Waals surface area contributed by atoms with Crippen molar-refractivity contribution in [2.75, 3.05) is 20.3 Å². The zero-order valence-electron chi connectivity index (χ0n) is 11.6. The van der Waals surface area contributed by atoms with Crippen molar-refractivity contribution in [2.45, 2.75) is 19.8 Å². The van der Waals surface area contributed by atoms with Gasteiger partial charge in [0.2, 0.25) is 0 Å². The average molecular weight is 275 g/mol. The Morgan fingerprint density at radius 1 is 1.30 bits per heavy atom.